The van der Waals surface area contributed by atoms with E-state index >= 15 is 0 Å². The first kappa shape index (κ1) is 13.8. The number of nitrogens with two attached hydrogens (primary N) is 1. The normalized spacial score (nSPS) is 21.6. The fourth-order valence-electron chi connectivity index (χ4n) is 2.45. The molecule has 1 aliphatic carbocycles. The third kappa shape index (κ3) is 3.42. The van der Waals surface area contributed by atoms with Crippen LogP contribution in [0.5, 0.6) is 0 Å². The summed E-state index contributed by atoms with van der Waals surface area (Å²) in [5.74, 6) is -0.214. The number of allylic oxidation sites excluding steroid dienone is 1. The average Bonchev–Trinajstić information content (AvgIpc) is 2.31. The maximum atomic E-state index is 13.8. The highest BCUT2D eigenvalue weighted by Gasteiger charge is 2.16. The maximum Gasteiger partial charge on any atom is 0.128 e. The van der Waals surface area contributed by atoms with E-state index in [9.17, 15) is 4.39 Å². The molecule has 18 heavy (non-hydrogen) atoms. The minimum Gasteiger partial charge on any atom is -0.320 e. The highest BCUT2D eigenvalue weighted by atomic mass is 79.9. The zero-order valence-corrected chi connectivity index (χ0v) is 12.0. The zero-order chi connectivity index (χ0) is 13.0. The summed E-state index contributed by atoms with van der Waals surface area (Å²) < 4.78 is 14.7. The van der Waals surface area contributed by atoms with Gasteiger partial charge in [0.15, 0.2) is 0 Å². The molecule has 1 atom stereocenters. The van der Waals surface area contributed by atoms with Crippen molar-refractivity contribution in [2.75, 3.05) is 0 Å². The van der Waals surface area contributed by atoms with Crippen LogP contribution in [0.1, 0.15) is 50.1 Å². The van der Waals surface area contributed by atoms with Crippen LogP contribution >= 0.6 is 15.9 Å². The standard InChI is InChI=1S/C15H19BrFN/c16-12-8-9-14(17)13(10-12)15(18)11-6-4-2-1-3-5-7-11/h6,8-10,15H,1-5,7,18H2/b11-6+. The number of rotatable bonds is 2. The lowest BCUT2D eigenvalue weighted by Crippen LogP contribution is -2.15. The van der Waals surface area contributed by atoms with Gasteiger partial charge in [-0.15, -0.1) is 0 Å². The van der Waals surface area contributed by atoms with Crippen molar-refractivity contribution < 1.29 is 4.39 Å². The Morgan fingerprint density at radius 3 is 2.78 bits per heavy atom. The van der Waals surface area contributed by atoms with E-state index in [0.717, 1.165) is 23.7 Å². The molecule has 98 valence electrons. The molecular formula is C15H19BrFN. The third-order valence-electron chi connectivity index (χ3n) is 3.52. The van der Waals surface area contributed by atoms with Gasteiger partial charge in [-0.1, -0.05) is 40.4 Å². The predicted octanol–water partition coefficient (Wildman–Crippen LogP) is 4.87. The molecule has 0 spiro atoms. The van der Waals surface area contributed by atoms with E-state index < -0.39 is 0 Å². The smallest absolute Gasteiger partial charge is 0.128 e. The molecule has 1 unspecified atom stereocenters. The Bertz CT molecular complexity index is 442. The van der Waals surface area contributed by atoms with E-state index in [1.165, 1.54) is 30.9 Å². The van der Waals surface area contributed by atoms with Gasteiger partial charge in [0, 0.05) is 10.0 Å². The fourth-order valence-corrected chi connectivity index (χ4v) is 2.83. The van der Waals surface area contributed by atoms with Crippen LogP contribution in [0, 0.1) is 5.82 Å². The summed E-state index contributed by atoms with van der Waals surface area (Å²) in [7, 11) is 0. The second-order valence-electron chi connectivity index (χ2n) is 4.88. The van der Waals surface area contributed by atoms with Gasteiger partial charge in [0.1, 0.15) is 5.82 Å². The lowest BCUT2D eigenvalue weighted by molar-refractivity contribution is 0.574. The topological polar surface area (TPSA) is 26.0 Å². The molecule has 2 rings (SSSR count). The van der Waals surface area contributed by atoms with E-state index in [1.54, 1.807) is 12.1 Å². The first-order valence-corrected chi connectivity index (χ1v) is 7.37. The van der Waals surface area contributed by atoms with E-state index in [2.05, 4.69) is 22.0 Å². The SMILES string of the molecule is NC(/C1=C/CCCCCC1)c1cc(Br)ccc1F. The van der Waals surface area contributed by atoms with Crippen LogP contribution in [0.4, 0.5) is 4.39 Å². The van der Waals surface area contributed by atoms with Crippen LogP contribution in [0.15, 0.2) is 34.3 Å². The van der Waals surface area contributed by atoms with Crippen LogP contribution in [-0.4, -0.2) is 0 Å². The monoisotopic (exact) mass is 311 g/mol. The molecule has 1 aromatic carbocycles. The van der Waals surface area contributed by atoms with Crippen molar-refractivity contribution in [1.82, 2.24) is 0 Å². The lowest BCUT2D eigenvalue weighted by atomic mass is 9.91. The van der Waals surface area contributed by atoms with Gasteiger partial charge in [0.2, 0.25) is 0 Å². The summed E-state index contributed by atoms with van der Waals surface area (Å²) in [6.07, 6.45) is 9.21. The van der Waals surface area contributed by atoms with Crippen molar-refractivity contribution >= 4 is 15.9 Å². The molecule has 1 nitrogen and oxygen atoms in total. The van der Waals surface area contributed by atoms with Crippen molar-refractivity contribution in [3.05, 3.63) is 45.7 Å². The number of hydrogen-bond donors (Lipinski definition) is 1. The van der Waals surface area contributed by atoms with Gasteiger partial charge in [-0.05, 0) is 43.9 Å². The summed E-state index contributed by atoms with van der Waals surface area (Å²) >= 11 is 3.37. The van der Waals surface area contributed by atoms with E-state index in [-0.39, 0.29) is 11.9 Å². The fraction of sp³-hybridized carbons (Fsp3) is 0.467. The molecular weight excluding hydrogens is 293 g/mol. The Labute approximate surface area is 116 Å². The van der Waals surface area contributed by atoms with Gasteiger partial charge in [-0.25, -0.2) is 4.39 Å². The van der Waals surface area contributed by atoms with Gasteiger partial charge in [0.25, 0.3) is 0 Å². The number of benzene rings is 1. The molecule has 0 saturated carbocycles. The molecule has 0 fully saturated rings. The second-order valence-corrected chi connectivity index (χ2v) is 5.79. The largest absolute Gasteiger partial charge is 0.320 e. The molecule has 2 N–H and O–H groups in total. The van der Waals surface area contributed by atoms with Crippen molar-refractivity contribution in [2.45, 2.75) is 44.6 Å². The third-order valence-corrected chi connectivity index (χ3v) is 4.01. The van der Waals surface area contributed by atoms with Crippen LogP contribution in [0.3, 0.4) is 0 Å². The van der Waals surface area contributed by atoms with Gasteiger partial charge >= 0.3 is 0 Å². The molecule has 3 heteroatoms. The van der Waals surface area contributed by atoms with Crippen LogP contribution < -0.4 is 5.73 Å². The Morgan fingerprint density at radius 1 is 1.17 bits per heavy atom. The molecule has 0 aliphatic heterocycles. The van der Waals surface area contributed by atoms with Gasteiger partial charge < -0.3 is 5.73 Å². The molecule has 0 amide bonds. The summed E-state index contributed by atoms with van der Waals surface area (Å²) in [6, 6.07) is 4.67. The van der Waals surface area contributed by atoms with Gasteiger partial charge in [-0.2, -0.15) is 0 Å². The minimum absolute atomic E-state index is 0.214. The van der Waals surface area contributed by atoms with Crippen molar-refractivity contribution in [3.63, 3.8) is 0 Å². The predicted molar refractivity (Wildman–Crippen MR) is 76.8 cm³/mol. The van der Waals surface area contributed by atoms with Crippen molar-refractivity contribution in [2.24, 2.45) is 5.73 Å². The quantitative estimate of drug-likeness (QED) is 0.775. The highest BCUT2D eigenvalue weighted by molar-refractivity contribution is 9.10. The summed E-state index contributed by atoms with van der Waals surface area (Å²) in [6.45, 7) is 0. The van der Waals surface area contributed by atoms with Gasteiger partial charge in [-0.3, -0.25) is 0 Å². The van der Waals surface area contributed by atoms with E-state index in [0.29, 0.717) is 5.56 Å². The molecule has 1 aromatic rings. The molecule has 0 radical (unpaired) electrons. The average molecular weight is 312 g/mol. The van der Waals surface area contributed by atoms with Gasteiger partial charge in [0.05, 0.1) is 6.04 Å². The van der Waals surface area contributed by atoms with Crippen molar-refractivity contribution in [1.29, 1.82) is 0 Å². The Morgan fingerprint density at radius 2 is 1.94 bits per heavy atom. The first-order valence-electron chi connectivity index (χ1n) is 6.58. The highest BCUT2D eigenvalue weighted by Crippen LogP contribution is 2.29. The van der Waals surface area contributed by atoms with Crippen molar-refractivity contribution in [3.8, 4) is 0 Å². The lowest BCUT2D eigenvalue weighted by Gasteiger charge is -2.19. The molecule has 0 bridgehead atoms. The van der Waals surface area contributed by atoms with Crippen LogP contribution in [0.25, 0.3) is 0 Å². The van der Waals surface area contributed by atoms with E-state index in [4.69, 9.17) is 5.73 Å². The van der Waals surface area contributed by atoms with Crippen LogP contribution in [0.2, 0.25) is 0 Å². The molecule has 0 saturated heterocycles. The van der Waals surface area contributed by atoms with Crippen LogP contribution in [-0.2, 0) is 0 Å². The Balaban J connectivity index is 2.23. The number of halogens is 2. The summed E-state index contributed by atoms with van der Waals surface area (Å²) in [5, 5.41) is 0. The second kappa shape index (κ2) is 6.48. The Kier molecular flexibility index (Phi) is 4.95. The maximum absolute atomic E-state index is 13.8. The first-order chi connectivity index (χ1) is 8.68. The molecule has 0 aromatic heterocycles. The zero-order valence-electron chi connectivity index (χ0n) is 10.5. The number of hydrogen-bond acceptors (Lipinski definition) is 1. The van der Waals surface area contributed by atoms with E-state index in [1.807, 2.05) is 0 Å². The summed E-state index contributed by atoms with van der Waals surface area (Å²) in [5.41, 5.74) is 8.01. The molecule has 1 aliphatic rings. The summed E-state index contributed by atoms with van der Waals surface area (Å²) in [4.78, 5) is 0. The minimum atomic E-state index is -0.305. The molecule has 0 heterocycles. The Hall–Kier alpha value is -0.670.